The summed E-state index contributed by atoms with van der Waals surface area (Å²) in [5.74, 6) is 5.60. The Morgan fingerprint density at radius 2 is 2.41 bits per heavy atom. The van der Waals surface area contributed by atoms with Crippen LogP contribution in [0.5, 0.6) is 0 Å². The van der Waals surface area contributed by atoms with Gasteiger partial charge in [0.2, 0.25) is 0 Å². The minimum absolute atomic E-state index is 0.239. The molecule has 4 N–H and O–H groups in total. The molecule has 0 radical (unpaired) electrons. The van der Waals surface area contributed by atoms with E-state index in [2.05, 4.69) is 48.8 Å². The van der Waals surface area contributed by atoms with Gasteiger partial charge in [0, 0.05) is 6.54 Å². The molecular formula is C9H14BrN7. The lowest BCUT2D eigenvalue weighted by atomic mass is 10.1. The molecule has 17 heavy (non-hydrogen) atoms. The van der Waals surface area contributed by atoms with Crippen LogP contribution in [0.2, 0.25) is 0 Å². The summed E-state index contributed by atoms with van der Waals surface area (Å²) in [5, 5.41) is 14.7. The summed E-state index contributed by atoms with van der Waals surface area (Å²) in [5.41, 5.74) is 4.41. The van der Waals surface area contributed by atoms with Gasteiger partial charge in [0.25, 0.3) is 0 Å². The van der Waals surface area contributed by atoms with Gasteiger partial charge in [-0.05, 0) is 22.4 Å². The average Bonchev–Trinajstić information content (AvgIpc) is 2.94. The quantitative estimate of drug-likeness (QED) is 0.558. The zero-order chi connectivity index (χ0) is 12.3. The molecule has 0 saturated carbocycles. The van der Waals surface area contributed by atoms with Gasteiger partial charge in [-0.15, -0.1) is 0 Å². The first-order valence-electron chi connectivity index (χ1n) is 5.31. The molecule has 0 saturated heterocycles. The number of nitrogens with one attached hydrogen (secondary N) is 2. The Bertz CT molecular complexity index is 464. The summed E-state index contributed by atoms with van der Waals surface area (Å²) in [6.07, 6.45) is 4.40. The van der Waals surface area contributed by atoms with Gasteiger partial charge in [0.15, 0.2) is 0 Å². The molecule has 0 aromatic carbocycles. The lowest BCUT2D eigenvalue weighted by molar-refractivity contribution is 0.513. The Balaban J connectivity index is 2.39. The highest BCUT2D eigenvalue weighted by Crippen LogP contribution is 2.26. The lowest BCUT2D eigenvalue weighted by Crippen LogP contribution is -2.31. The molecule has 0 aliphatic carbocycles. The van der Waals surface area contributed by atoms with Crippen LogP contribution in [-0.2, 0) is 6.54 Å². The molecule has 2 rings (SSSR count). The largest absolute Gasteiger partial charge is 0.270 e. The number of hydrogen-bond acceptors (Lipinski definition) is 5. The van der Waals surface area contributed by atoms with Crippen molar-refractivity contribution in [1.82, 2.24) is 30.6 Å². The zero-order valence-electron chi connectivity index (χ0n) is 9.39. The number of halogens is 1. The highest BCUT2D eigenvalue weighted by atomic mass is 79.9. The van der Waals surface area contributed by atoms with Crippen LogP contribution in [0.1, 0.15) is 30.8 Å². The van der Waals surface area contributed by atoms with E-state index in [1.54, 1.807) is 12.4 Å². The first kappa shape index (κ1) is 12.2. The number of rotatable bonds is 5. The summed E-state index contributed by atoms with van der Waals surface area (Å²) >= 11 is 3.48. The van der Waals surface area contributed by atoms with E-state index >= 15 is 0 Å². The summed E-state index contributed by atoms with van der Waals surface area (Å²) in [6, 6.07) is -0.239. The van der Waals surface area contributed by atoms with Crippen molar-refractivity contribution in [2.45, 2.75) is 25.9 Å². The number of aromatic nitrogens is 5. The van der Waals surface area contributed by atoms with Crippen LogP contribution in [0.25, 0.3) is 0 Å². The minimum atomic E-state index is -0.239. The maximum atomic E-state index is 5.60. The van der Waals surface area contributed by atoms with E-state index in [0.717, 1.165) is 28.8 Å². The van der Waals surface area contributed by atoms with E-state index in [4.69, 9.17) is 5.84 Å². The second-order valence-electron chi connectivity index (χ2n) is 3.60. The van der Waals surface area contributed by atoms with Crippen molar-refractivity contribution in [2.75, 3.05) is 0 Å². The van der Waals surface area contributed by atoms with Crippen LogP contribution >= 0.6 is 15.9 Å². The molecular weight excluding hydrogens is 286 g/mol. The predicted octanol–water partition coefficient (Wildman–Crippen LogP) is 0.726. The smallest absolute Gasteiger partial charge is 0.109 e. The first-order valence-corrected chi connectivity index (χ1v) is 6.10. The number of hydrogen-bond donors (Lipinski definition) is 3. The topological polar surface area (TPSA) is 97.4 Å². The summed E-state index contributed by atoms with van der Waals surface area (Å²) in [6.45, 7) is 2.93. The van der Waals surface area contributed by atoms with Crippen molar-refractivity contribution >= 4 is 15.9 Å². The molecule has 0 aliphatic heterocycles. The molecule has 1 unspecified atom stereocenters. The molecule has 7 nitrogen and oxygen atoms in total. The third kappa shape index (κ3) is 2.38. The van der Waals surface area contributed by atoms with Gasteiger partial charge >= 0.3 is 0 Å². The number of hydrazine groups is 1. The zero-order valence-corrected chi connectivity index (χ0v) is 11.0. The van der Waals surface area contributed by atoms with E-state index < -0.39 is 0 Å². The molecule has 8 heteroatoms. The fourth-order valence-electron chi connectivity index (χ4n) is 1.70. The second-order valence-corrected chi connectivity index (χ2v) is 4.45. The number of nitrogens with two attached hydrogens (primary N) is 1. The molecule has 2 aromatic heterocycles. The van der Waals surface area contributed by atoms with Crippen LogP contribution < -0.4 is 11.3 Å². The van der Waals surface area contributed by atoms with Gasteiger partial charge in [-0.2, -0.15) is 20.5 Å². The van der Waals surface area contributed by atoms with E-state index in [1.165, 1.54) is 0 Å². The molecule has 0 aliphatic rings. The van der Waals surface area contributed by atoms with Crippen LogP contribution in [0.15, 0.2) is 16.9 Å². The normalized spacial score (nSPS) is 12.9. The van der Waals surface area contributed by atoms with Crippen LogP contribution in [0.4, 0.5) is 0 Å². The number of nitrogens with zero attached hydrogens (tertiary/aromatic N) is 4. The fourth-order valence-corrected chi connectivity index (χ4v) is 2.23. The summed E-state index contributed by atoms with van der Waals surface area (Å²) < 4.78 is 2.81. The maximum Gasteiger partial charge on any atom is 0.109 e. The van der Waals surface area contributed by atoms with E-state index in [0.29, 0.717) is 0 Å². The standard InChI is InChI=1S/C9H14BrN7/c1-2-3-17-9(6(10)4-13-17)8(14-11)7-5-12-16-15-7/h4-5,8,14H,2-3,11H2,1H3,(H,12,15,16). The van der Waals surface area contributed by atoms with Gasteiger partial charge in [-0.25, -0.2) is 5.43 Å². The monoisotopic (exact) mass is 299 g/mol. The van der Waals surface area contributed by atoms with Crippen molar-refractivity contribution < 1.29 is 0 Å². The molecule has 0 amide bonds. The Labute approximate surface area is 107 Å². The van der Waals surface area contributed by atoms with Crippen molar-refractivity contribution in [1.29, 1.82) is 0 Å². The second kappa shape index (κ2) is 5.39. The van der Waals surface area contributed by atoms with Gasteiger partial charge in [0.1, 0.15) is 11.7 Å². The van der Waals surface area contributed by atoms with Crippen molar-refractivity contribution in [2.24, 2.45) is 5.84 Å². The van der Waals surface area contributed by atoms with Gasteiger partial charge in [-0.1, -0.05) is 6.92 Å². The molecule has 0 bridgehead atoms. The molecule has 2 aromatic rings. The van der Waals surface area contributed by atoms with Crippen molar-refractivity contribution in [3.05, 3.63) is 28.3 Å². The SMILES string of the molecule is CCCn1ncc(Br)c1C(NN)c1cn[nH]n1. The molecule has 2 heterocycles. The molecule has 0 fully saturated rings. The maximum absolute atomic E-state index is 5.60. The Kier molecular flexibility index (Phi) is 3.87. The molecule has 92 valence electrons. The number of aromatic amines is 1. The highest BCUT2D eigenvalue weighted by molar-refractivity contribution is 9.10. The van der Waals surface area contributed by atoms with Gasteiger partial charge in [-0.3, -0.25) is 10.5 Å². The summed E-state index contributed by atoms with van der Waals surface area (Å²) in [7, 11) is 0. The predicted molar refractivity (Wildman–Crippen MR) is 65.8 cm³/mol. The minimum Gasteiger partial charge on any atom is -0.270 e. The number of aryl methyl sites for hydroxylation is 1. The van der Waals surface area contributed by atoms with Crippen LogP contribution in [0, 0.1) is 0 Å². The fraction of sp³-hybridized carbons (Fsp3) is 0.444. The Hall–Kier alpha value is -1.25. The molecule has 0 spiro atoms. The summed E-state index contributed by atoms with van der Waals surface area (Å²) in [4.78, 5) is 0. The van der Waals surface area contributed by atoms with Crippen molar-refractivity contribution in [3.8, 4) is 0 Å². The third-order valence-electron chi connectivity index (χ3n) is 2.44. The highest BCUT2D eigenvalue weighted by Gasteiger charge is 2.22. The molecule has 1 atom stereocenters. The number of H-pyrrole nitrogens is 1. The van der Waals surface area contributed by atoms with Crippen molar-refractivity contribution in [3.63, 3.8) is 0 Å². The lowest BCUT2D eigenvalue weighted by Gasteiger charge is -2.15. The van der Waals surface area contributed by atoms with E-state index in [1.807, 2.05) is 4.68 Å². The van der Waals surface area contributed by atoms with E-state index in [-0.39, 0.29) is 6.04 Å². The average molecular weight is 300 g/mol. The van der Waals surface area contributed by atoms with Gasteiger partial charge in [0.05, 0.1) is 22.6 Å². The van der Waals surface area contributed by atoms with Crippen LogP contribution in [0.3, 0.4) is 0 Å². The van der Waals surface area contributed by atoms with Crippen LogP contribution in [-0.4, -0.2) is 25.2 Å². The Morgan fingerprint density at radius 1 is 1.59 bits per heavy atom. The Morgan fingerprint density at radius 3 is 3.00 bits per heavy atom. The van der Waals surface area contributed by atoms with Gasteiger partial charge < -0.3 is 0 Å². The third-order valence-corrected chi connectivity index (χ3v) is 3.05. The first-order chi connectivity index (χ1) is 8.27. The van der Waals surface area contributed by atoms with E-state index in [9.17, 15) is 0 Å².